The van der Waals surface area contributed by atoms with Gasteiger partial charge in [0.2, 0.25) is 0 Å². The van der Waals surface area contributed by atoms with Crippen LogP contribution >= 0.6 is 24.8 Å². The third-order valence-corrected chi connectivity index (χ3v) is 1.02. The SMILES string of the molecule is CN(C)c1ccncn1.Cl.Cl. The van der Waals surface area contributed by atoms with Crippen LogP contribution in [-0.4, -0.2) is 24.1 Å². The third-order valence-electron chi connectivity index (χ3n) is 1.02. The van der Waals surface area contributed by atoms with Gasteiger partial charge in [0.25, 0.3) is 0 Å². The van der Waals surface area contributed by atoms with E-state index in [-0.39, 0.29) is 24.8 Å². The van der Waals surface area contributed by atoms with E-state index in [2.05, 4.69) is 9.97 Å². The second-order valence-corrected chi connectivity index (χ2v) is 1.96. The Hall–Kier alpha value is -0.540. The van der Waals surface area contributed by atoms with Gasteiger partial charge in [-0.2, -0.15) is 0 Å². The van der Waals surface area contributed by atoms with E-state index in [4.69, 9.17) is 0 Å². The van der Waals surface area contributed by atoms with Crippen molar-refractivity contribution in [3.05, 3.63) is 18.6 Å². The normalized spacial score (nSPS) is 7.45. The summed E-state index contributed by atoms with van der Waals surface area (Å²) in [6.07, 6.45) is 3.26. The maximum atomic E-state index is 3.99. The average Bonchev–Trinajstić information content (AvgIpc) is 1.90. The molecule has 0 atom stereocenters. The Morgan fingerprint density at radius 1 is 1.27 bits per heavy atom. The molecule has 1 rings (SSSR count). The van der Waals surface area contributed by atoms with Gasteiger partial charge >= 0.3 is 0 Å². The van der Waals surface area contributed by atoms with Gasteiger partial charge in [0.1, 0.15) is 12.1 Å². The van der Waals surface area contributed by atoms with Gasteiger partial charge in [0, 0.05) is 20.3 Å². The van der Waals surface area contributed by atoms with Crippen LogP contribution in [0.2, 0.25) is 0 Å². The van der Waals surface area contributed by atoms with Crippen LogP contribution in [0.3, 0.4) is 0 Å². The Labute approximate surface area is 78.7 Å². The molecular weight excluding hydrogens is 185 g/mol. The minimum absolute atomic E-state index is 0. The summed E-state index contributed by atoms with van der Waals surface area (Å²) in [6.45, 7) is 0. The van der Waals surface area contributed by atoms with Crippen LogP contribution in [0.15, 0.2) is 18.6 Å². The summed E-state index contributed by atoms with van der Waals surface area (Å²) in [4.78, 5) is 9.72. The van der Waals surface area contributed by atoms with E-state index in [1.54, 1.807) is 6.20 Å². The summed E-state index contributed by atoms with van der Waals surface area (Å²) in [6, 6.07) is 1.86. The number of nitrogens with zero attached hydrogens (tertiary/aromatic N) is 3. The summed E-state index contributed by atoms with van der Waals surface area (Å²) < 4.78 is 0. The molecule has 0 saturated carbocycles. The number of hydrogen-bond donors (Lipinski definition) is 0. The van der Waals surface area contributed by atoms with Crippen LogP contribution in [0, 0.1) is 0 Å². The van der Waals surface area contributed by atoms with Crippen LogP contribution < -0.4 is 4.90 Å². The molecule has 1 heterocycles. The van der Waals surface area contributed by atoms with Gasteiger partial charge in [0.15, 0.2) is 0 Å². The van der Waals surface area contributed by atoms with E-state index in [9.17, 15) is 0 Å². The van der Waals surface area contributed by atoms with E-state index in [0.29, 0.717) is 0 Å². The molecule has 3 nitrogen and oxygen atoms in total. The van der Waals surface area contributed by atoms with Gasteiger partial charge in [-0.25, -0.2) is 9.97 Å². The molecule has 0 aliphatic heterocycles. The van der Waals surface area contributed by atoms with Gasteiger partial charge in [-0.3, -0.25) is 0 Å². The van der Waals surface area contributed by atoms with Crippen molar-refractivity contribution in [3.8, 4) is 0 Å². The molecule has 0 N–H and O–H groups in total. The highest BCUT2D eigenvalue weighted by Gasteiger charge is 1.90. The van der Waals surface area contributed by atoms with E-state index < -0.39 is 0 Å². The monoisotopic (exact) mass is 195 g/mol. The Kier molecular flexibility index (Phi) is 7.36. The van der Waals surface area contributed by atoms with E-state index in [0.717, 1.165) is 5.82 Å². The summed E-state index contributed by atoms with van der Waals surface area (Å²) >= 11 is 0. The molecule has 0 radical (unpaired) electrons. The van der Waals surface area contributed by atoms with E-state index in [1.165, 1.54) is 6.33 Å². The van der Waals surface area contributed by atoms with Gasteiger partial charge < -0.3 is 4.90 Å². The molecule has 0 aliphatic carbocycles. The second kappa shape index (κ2) is 6.19. The van der Waals surface area contributed by atoms with Gasteiger partial charge in [-0.05, 0) is 6.07 Å². The summed E-state index contributed by atoms with van der Waals surface area (Å²) in [5, 5.41) is 0. The average molecular weight is 196 g/mol. The summed E-state index contributed by atoms with van der Waals surface area (Å²) in [7, 11) is 3.89. The molecule has 0 aliphatic rings. The Morgan fingerprint density at radius 3 is 2.18 bits per heavy atom. The molecule has 1 aromatic rings. The fourth-order valence-electron chi connectivity index (χ4n) is 0.548. The first-order valence-electron chi connectivity index (χ1n) is 2.74. The van der Waals surface area contributed by atoms with Crippen molar-refractivity contribution >= 4 is 30.6 Å². The quantitative estimate of drug-likeness (QED) is 0.679. The number of rotatable bonds is 1. The fraction of sp³-hybridized carbons (Fsp3) is 0.333. The first-order valence-corrected chi connectivity index (χ1v) is 2.74. The molecule has 0 bridgehead atoms. The maximum absolute atomic E-state index is 3.99. The molecule has 11 heavy (non-hydrogen) atoms. The zero-order valence-corrected chi connectivity index (χ0v) is 8.02. The zero-order chi connectivity index (χ0) is 6.69. The molecule has 0 spiro atoms. The molecule has 1 aromatic heterocycles. The highest BCUT2D eigenvalue weighted by molar-refractivity contribution is 5.85. The first-order chi connectivity index (χ1) is 4.30. The Balaban J connectivity index is 0. The molecule has 64 valence electrons. The van der Waals surface area contributed by atoms with Crippen molar-refractivity contribution in [3.63, 3.8) is 0 Å². The Bertz CT molecular complexity index is 178. The lowest BCUT2D eigenvalue weighted by Crippen LogP contribution is -2.09. The second-order valence-electron chi connectivity index (χ2n) is 1.96. The van der Waals surface area contributed by atoms with Gasteiger partial charge in [0.05, 0.1) is 0 Å². The molecular formula is C6H11Cl2N3. The molecule has 0 aromatic carbocycles. The van der Waals surface area contributed by atoms with E-state index in [1.807, 2.05) is 25.1 Å². The Morgan fingerprint density at radius 2 is 1.91 bits per heavy atom. The smallest absolute Gasteiger partial charge is 0.131 e. The third kappa shape index (κ3) is 4.01. The lowest BCUT2D eigenvalue weighted by Gasteiger charge is -2.08. The molecule has 5 heteroatoms. The standard InChI is InChI=1S/C6H9N3.2ClH/c1-9(2)6-3-4-7-5-8-6;;/h3-5H,1-2H3;2*1H. The fourth-order valence-corrected chi connectivity index (χ4v) is 0.548. The largest absolute Gasteiger partial charge is 0.363 e. The molecule has 0 saturated heterocycles. The molecule has 0 unspecified atom stereocenters. The number of anilines is 1. The number of halogens is 2. The minimum Gasteiger partial charge on any atom is -0.363 e. The highest BCUT2D eigenvalue weighted by Crippen LogP contribution is 2.00. The molecule has 0 amide bonds. The lowest BCUT2D eigenvalue weighted by atomic mass is 10.5. The van der Waals surface area contributed by atoms with E-state index >= 15 is 0 Å². The number of hydrogen-bond acceptors (Lipinski definition) is 3. The first kappa shape index (κ1) is 13.1. The van der Waals surface area contributed by atoms with Crippen molar-refractivity contribution in [2.24, 2.45) is 0 Å². The zero-order valence-electron chi connectivity index (χ0n) is 6.39. The van der Waals surface area contributed by atoms with Crippen molar-refractivity contribution < 1.29 is 0 Å². The predicted octanol–water partition coefficient (Wildman–Crippen LogP) is 1.39. The van der Waals surface area contributed by atoms with Crippen LogP contribution in [0.25, 0.3) is 0 Å². The van der Waals surface area contributed by atoms with Crippen molar-refractivity contribution in [2.75, 3.05) is 19.0 Å². The summed E-state index contributed by atoms with van der Waals surface area (Å²) in [5.41, 5.74) is 0. The lowest BCUT2D eigenvalue weighted by molar-refractivity contribution is 1.04. The highest BCUT2D eigenvalue weighted by atomic mass is 35.5. The van der Waals surface area contributed by atoms with Crippen molar-refractivity contribution in [2.45, 2.75) is 0 Å². The maximum Gasteiger partial charge on any atom is 0.131 e. The predicted molar refractivity (Wildman–Crippen MR) is 50.9 cm³/mol. The minimum atomic E-state index is 0. The van der Waals surface area contributed by atoms with Crippen molar-refractivity contribution in [1.82, 2.24) is 9.97 Å². The van der Waals surface area contributed by atoms with Gasteiger partial charge in [-0.1, -0.05) is 0 Å². The van der Waals surface area contributed by atoms with Crippen LogP contribution in [0.5, 0.6) is 0 Å². The number of aromatic nitrogens is 2. The molecule has 0 fully saturated rings. The van der Waals surface area contributed by atoms with Crippen LogP contribution in [0.4, 0.5) is 5.82 Å². The van der Waals surface area contributed by atoms with Crippen LogP contribution in [0.1, 0.15) is 0 Å². The van der Waals surface area contributed by atoms with Crippen LogP contribution in [-0.2, 0) is 0 Å². The summed E-state index contributed by atoms with van der Waals surface area (Å²) in [5.74, 6) is 0.935. The van der Waals surface area contributed by atoms with Gasteiger partial charge in [-0.15, -0.1) is 24.8 Å². The topological polar surface area (TPSA) is 29.0 Å². The van der Waals surface area contributed by atoms with Crippen molar-refractivity contribution in [1.29, 1.82) is 0 Å².